The van der Waals surface area contributed by atoms with E-state index < -0.39 is 5.41 Å². The van der Waals surface area contributed by atoms with Crippen LogP contribution in [0, 0.1) is 0 Å². The molecule has 0 saturated carbocycles. The monoisotopic (exact) mass is 502 g/mol. The fraction of sp³-hybridized carbons (Fsp3) is 0.0270. The lowest BCUT2D eigenvalue weighted by atomic mass is 9.70. The smallest absolute Gasteiger partial charge is 0.0726 e. The van der Waals surface area contributed by atoms with Crippen molar-refractivity contribution in [2.45, 2.75) is 5.41 Å². The zero-order valence-corrected chi connectivity index (χ0v) is 21.4. The highest BCUT2D eigenvalue weighted by Gasteiger charge is 2.52. The zero-order valence-electron chi connectivity index (χ0n) is 20.7. The molecule has 0 nitrogen and oxygen atoms in total. The van der Waals surface area contributed by atoms with Gasteiger partial charge in [0.25, 0.3) is 0 Å². The molecule has 0 atom stereocenters. The van der Waals surface area contributed by atoms with E-state index in [0.29, 0.717) is 0 Å². The Hall–Kier alpha value is -4.39. The first-order valence-corrected chi connectivity index (χ1v) is 13.4. The normalized spacial score (nSPS) is 13.6. The quantitative estimate of drug-likeness (QED) is 0.220. The van der Waals surface area contributed by atoms with E-state index >= 15 is 0 Å². The largest absolute Gasteiger partial charge is 0.0843 e. The van der Waals surface area contributed by atoms with Gasteiger partial charge in [-0.05, 0) is 78.9 Å². The van der Waals surface area contributed by atoms with Crippen molar-refractivity contribution in [2.24, 2.45) is 0 Å². The summed E-state index contributed by atoms with van der Waals surface area (Å²) in [6, 6.07) is 50.6. The molecule has 0 unspecified atom stereocenters. The molecule has 0 aromatic heterocycles. The van der Waals surface area contributed by atoms with Crippen molar-refractivity contribution >= 4 is 11.6 Å². The van der Waals surface area contributed by atoms with E-state index in [-0.39, 0.29) is 0 Å². The maximum absolute atomic E-state index is 6.60. The van der Waals surface area contributed by atoms with Crippen LogP contribution in [-0.2, 0) is 5.41 Å². The number of fused-ring (bicyclic) bond motifs is 10. The molecule has 38 heavy (non-hydrogen) atoms. The Morgan fingerprint density at radius 1 is 0.368 bits per heavy atom. The maximum atomic E-state index is 6.60. The first-order chi connectivity index (χ1) is 18.8. The zero-order chi connectivity index (χ0) is 25.3. The van der Waals surface area contributed by atoms with Gasteiger partial charge in [0.2, 0.25) is 0 Å². The van der Waals surface area contributed by atoms with Gasteiger partial charge in [-0.2, -0.15) is 0 Å². The van der Waals surface area contributed by atoms with E-state index in [2.05, 4.69) is 133 Å². The summed E-state index contributed by atoms with van der Waals surface area (Å²) in [5.41, 5.74) is 15.0. The average Bonchev–Trinajstić information content (AvgIpc) is 3.45. The molecule has 6 aromatic rings. The summed E-state index contributed by atoms with van der Waals surface area (Å²) in [4.78, 5) is 0. The topological polar surface area (TPSA) is 0 Å². The summed E-state index contributed by atoms with van der Waals surface area (Å²) in [6.07, 6.45) is 0. The van der Waals surface area contributed by atoms with Gasteiger partial charge in [0.1, 0.15) is 0 Å². The maximum Gasteiger partial charge on any atom is 0.0726 e. The Morgan fingerprint density at radius 3 is 1.45 bits per heavy atom. The van der Waals surface area contributed by atoms with Crippen molar-refractivity contribution in [1.29, 1.82) is 0 Å². The van der Waals surface area contributed by atoms with E-state index in [1.807, 2.05) is 6.07 Å². The van der Waals surface area contributed by atoms with E-state index in [1.54, 1.807) is 0 Å². The van der Waals surface area contributed by atoms with Crippen LogP contribution in [-0.4, -0.2) is 0 Å². The Morgan fingerprint density at radius 2 is 0.842 bits per heavy atom. The van der Waals surface area contributed by atoms with Crippen LogP contribution >= 0.6 is 11.6 Å². The first kappa shape index (κ1) is 21.7. The molecule has 178 valence electrons. The minimum Gasteiger partial charge on any atom is -0.0843 e. The van der Waals surface area contributed by atoms with Gasteiger partial charge in [0.05, 0.1) is 5.41 Å². The standard InChI is InChI=1S/C37H23Cl/c38-26-21-22-32-30(23-26)29-15-7-8-18-31(29)37(32)33-19-9-16-27(24-11-3-1-4-12-24)35(33)36-28(17-10-20-34(36)37)25-13-5-2-6-14-25/h1-23H. The third-order valence-corrected chi connectivity index (χ3v) is 8.60. The van der Waals surface area contributed by atoms with Crippen molar-refractivity contribution in [3.63, 3.8) is 0 Å². The Bertz CT molecular complexity index is 1780. The first-order valence-electron chi connectivity index (χ1n) is 13.1. The van der Waals surface area contributed by atoms with Crippen LogP contribution in [0.25, 0.3) is 44.5 Å². The Labute approximate surface area is 227 Å². The fourth-order valence-corrected chi connectivity index (χ4v) is 7.14. The lowest BCUT2D eigenvalue weighted by Crippen LogP contribution is -2.25. The number of benzene rings is 6. The summed E-state index contributed by atoms with van der Waals surface area (Å²) in [7, 11) is 0. The van der Waals surface area contributed by atoms with Gasteiger partial charge >= 0.3 is 0 Å². The predicted octanol–water partition coefficient (Wildman–Crippen LogP) is 10.0. The molecular formula is C37H23Cl. The van der Waals surface area contributed by atoms with Gasteiger partial charge in [-0.25, -0.2) is 0 Å². The van der Waals surface area contributed by atoms with Crippen molar-refractivity contribution in [3.8, 4) is 44.5 Å². The van der Waals surface area contributed by atoms with Gasteiger partial charge in [-0.15, -0.1) is 0 Å². The molecule has 1 spiro atoms. The molecular weight excluding hydrogens is 480 g/mol. The molecule has 0 bridgehead atoms. The van der Waals surface area contributed by atoms with Gasteiger partial charge in [-0.3, -0.25) is 0 Å². The molecule has 0 N–H and O–H groups in total. The van der Waals surface area contributed by atoms with Crippen LogP contribution < -0.4 is 0 Å². The Balaban J connectivity index is 1.59. The summed E-state index contributed by atoms with van der Waals surface area (Å²) in [5, 5.41) is 0.769. The second-order valence-electron chi connectivity index (χ2n) is 10.2. The third-order valence-electron chi connectivity index (χ3n) is 8.36. The molecule has 1 heteroatoms. The summed E-state index contributed by atoms with van der Waals surface area (Å²) in [6.45, 7) is 0. The van der Waals surface area contributed by atoms with Crippen LogP contribution in [0.2, 0.25) is 5.02 Å². The Kier molecular flexibility index (Phi) is 4.59. The van der Waals surface area contributed by atoms with Gasteiger partial charge in [0.15, 0.2) is 0 Å². The highest BCUT2D eigenvalue weighted by molar-refractivity contribution is 6.31. The summed E-state index contributed by atoms with van der Waals surface area (Å²) in [5.74, 6) is 0. The number of halogens is 1. The molecule has 0 radical (unpaired) electrons. The van der Waals surface area contributed by atoms with Crippen LogP contribution in [0.4, 0.5) is 0 Å². The minimum absolute atomic E-state index is 0.406. The van der Waals surface area contributed by atoms with Crippen molar-refractivity contribution in [1.82, 2.24) is 0 Å². The van der Waals surface area contributed by atoms with E-state index in [4.69, 9.17) is 11.6 Å². The van der Waals surface area contributed by atoms with Gasteiger partial charge < -0.3 is 0 Å². The van der Waals surface area contributed by atoms with Crippen molar-refractivity contribution < 1.29 is 0 Å². The molecule has 0 saturated heterocycles. The molecule has 6 aromatic carbocycles. The summed E-state index contributed by atoms with van der Waals surface area (Å²) < 4.78 is 0. The molecule has 0 fully saturated rings. The number of hydrogen-bond donors (Lipinski definition) is 0. The predicted molar refractivity (Wildman–Crippen MR) is 159 cm³/mol. The number of hydrogen-bond acceptors (Lipinski definition) is 0. The molecule has 2 aliphatic carbocycles. The van der Waals surface area contributed by atoms with E-state index in [1.165, 1.54) is 66.8 Å². The van der Waals surface area contributed by atoms with Crippen LogP contribution in [0.5, 0.6) is 0 Å². The molecule has 2 aliphatic rings. The second kappa shape index (κ2) is 8.05. The van der Waals surface area contributed by atoms with Crippen LogP contribution in [0.1, 0.15) is 22.3 Å². The molecule has 8 rings (SSSR count). The van der Waals surface area contributed by atoms with Crippen LogP contribution in [0.3, 0.4) is 0 Å². The van der Waals surface area contributed by atoms with Gasteiger partial charge in [-0.1, -0.05) is 139 Å². The molecule has 0 aliphatic heterocycles. The van der Waals surface area contributed by atoms with E-state index in [9.17, 15) is 0 Å². The highest BCUT2D eigenvalue weighted by atomic mass is 35.5. The SMILES string of the molecule is Clc1ccc2c(c1)-c1ccccc1C21c2cccc(-c3ccccc3)c2-c2c(-c3ccccc3)cccc21. The fourth-order valence-electron chi connectivity index (χ4n) is 6.97. The number of rotatable bonds is 2. The van der Waals surface area contributed by atoms with Crippen molar-refractivity contribution in [3.05, 3.63) is 167 Å². The van der Waals surface area contributed by atoms with Gasteiger partial charge in [0, 0.05) is 5.02 Å². The lowest BCUT2D eigenvalue weighted by Gasteiger charge is -2.30. The van der Waals surface area contributed by atoms with Crippen molar-refractivity contribution in [2.75, 3.05) is 0 Å². The average molecular weight is 503 g/mol. The molecule has 0 amide bonds. The lowest BCUT2D eigenvalue weighted by molar-refractivity contribution is 0.794. The summed E-state index contributed by atoms with van der Waals surface area (Å²) >= 11 is 6.60. The minimum atomic E-state index is -0.406. The highest BCUT2D eigenvalue weighted by Crippen LogP contribution is 2.65. The second-order valence-corrected chi connectivity index (χ2v) is 10.6. The van der Waals surface area contributed by atoms with E-state index in [0.717, 1.165) is 5.02 Å². The third kappa shape index (κ3) is 2.76. The molecule has 0 heterocycles. The van der Waals surface area contributed by atoms with Crippen LogP contribution in [0.15, 0.2) is 140 Å².